The summed E-state index contributed by atoms with van der Waals surface area (Å²) in [5.74, 6) is 0. The lowest BCUT2D eigenvalue weighted by Crippen LogP contribution is -2.41. The minimum atomic E-state index is -0.440. The molecule has 2 aromatic carbocycles. The van der Waals surface area contributed by atoms with E-state index in [0.29, 0.717) is 13.2 Å². The van der Waals surface area contributed by atoms with E-state index in [1.807, 2.05) is 36.4 Å². The summed E-state index contributed by atoms with van der Waals surface area (Å²) in [4.78, 5) is 0. The first-order chi connectivity index (χ1) is 9.84. The first-order valence-corrected chi connectivity index (χ1v) is 6.96. The van der Waals surface area contributed by atoms with E-state index in [-0.39, 0.29) is 12.1 Å². The summed E-state index contributed by atoms with van der Waals surface area (Å²) in [6.07, 6.45) is -0.440. The van der Waals surface area contributed by atoms with Crippen LogP contribution in [-0.4, -0.2) is 30.5 Å². The van der Waals surface area contributed by atoms with Crippen molar-refractivity contribution in [1.29, 1.82) is 0 Å². The molecule has 0 aliphatic carbocycles. The quantitative estimate of drug-likeness (QED) is 0.893. The monoisotopic (exact) mass is 269 g/mol. The predicted octanol–water partition coefficient (Wildman–Crippen LogP) is 2.13. The van der Waals surface area contributed by atoms with Crippen LogP contribution in [0, 0.1) is 0 Å². The van der Waals surface area contributed by atoms with Gasteiger partial charge in [-0.3, -0.25) is 5.32 Å². The van der Waals surface area contributed by atoms with E-state index in [4.69, 9.17) is 4.74 Å². The number of benzene rings is 2. The Morgan fingerprint density at radius 3 is 1.90 bits per heavy atom. The van der Waals surface area contributed by atoms with Crippen LogP contribution in [0.1, 0.15) is 17.2 Å². The second-order valence-electron chi connectivity index (χ2n) is 5.13. The van der Waals surface area contributed by atoms with Crippen LogP contribution in [0.4, 0.5) is 0 Å². The molecule has 1 heterocycles. The number of rotatable bonds is 4. The number of aliphatic hydroxyl groups is 1. The first-order valence-electron chi connectivity index (χ1n) is 6.96. The second-order valence-corrected chi connectivity index (χ2v) is 5.13. The van der Waals surface area contributed by atoms with Gasteiger partial charge in [0.1, 0.15) is 0 Å². The zero-order valence-corrected chi connectivity index (χ0v) is 11.3. The zero-order chi connectivity index (χ0) is 13.8. The average molecular weight is 269 g/mol. The summed E-state index contributed by atoms with van der Waals surface area (Å²) in [6, 6.07) is 20.6. The molecule has 1 aliphatic rings. The van der Waals surface area contributed by atoms with Gasteiger partial charge < -0.3 is 9.84 Å². The van der Waals surface area contributed by atoms with Crippen molar-refractivity contribution < 1.29 is 9.84 Å². The molecule has 2 unspecified atom stereocenters. The number of hydrogen-bond donors (Lipinski definition) is 2. The standard InChI is InChI=1S/C17H19NO2/c19-16-12-20-11-15(16)18-17(13-7-3-1-4-8-13)14-9-5-2-6-10-14/h1-10,15-19H,11-12H2. The van der Waals surface area contributed by atoms with Gasteiger partial charge in [-0.15, -0.1) is 0 Å². The molecule has 0 saturated carbocycles. The van der Waals surface area contributed by atoms with Gasteiger partial charge in [-0.1, -0.05) is 60.7 Å². The van der Waals surface area contributed by atoms with Crippen molar-refractivity contribution in [2.75, 3.05) is 13.2 Å². The molecule has 3 rings (SSSR count). The van der Waals surface area contributed by atoms with E-state index in [2.05, 4.69) is 29.6 Å². The minimum Gasteiger partial charge on any atom is -0.389 e. The number of hydrogen-bond acceptors (Lipinski definition) is 3. The van der Waals surface area contributed by atoms with Gasteiger partial charge in [0.15, 0.2) is 0 Å². The molecule has 0 spiro atoms. The van der Waals surface area contributed by atoms with Crippen LogP contribution < -0.4 is 5.32 Å². The summed E-state index contributed by atoms with van der Waals surface area (Å²) >= 11 is 0. The fourth-order valence-corrected chi connectivity index (χ4v) is 2.59. The Morgan fingerprint density at radius 2 is 1.45 bits per heavy atom. The molecule has 3 heteroatoms. The molecule has 0 amide bonds. The molecule has 1 fully saturated rings. The minimum absolute atomic E-state index is 0.0274. The van der Waals surface area contributed by atoms with Crippen LogP contribution in [0.2, 0.25) is 0 Å². The fraction of sp³-hybridized carbons (Fsp3) is 0.294. The van der Waals surface area contributed by atoms with Gasteiger partial charge in [0, 0.05) is 0 Å². The van der Waals surface area contributed by atoms with Crippen LogP contribution in [0.15, 0.2) is 60.7 Å². The normalized spacial score (nSPS) is 22.3. The summed E-state index contributed by atoms with van der Waals surface area (Å²) in [6.45, 7) is 0.964. The van der Waals surface area contributed by atoms with Crippen LogP contribution in [0.25, 0.3) is 0 Å². The molecule has 0 aromatic heterocycles. The molecule has 104 valence electrons. The number of aliphatic hydroxyl groups excluding tert-OH is 1. The van der Waals surface area contributed by atoms with E-state index in [1.165, 1.54) is 11.1 Å². The lowest BCUT2D eigenvalue weighted by Gasteiger charge is -2.25. The summed E-state index contributed by atoms with van der Waals surface area (Å²) < 4.78 is 5.33. The van der Waals surface area contributed by atoms with Crippen LogP contribution in [-0.2, 0) is 4.74 Å². The molecule has 3 nitrogen and oxygen atoms in total. The molecule has 20 heavy (non-hydrogen) atoms. The molecular weight excluding hydrogens is 250 g/mol. The Labute approximate surface area is 119 Å². The molecule has 1 aliphatic heterocycles. The first kappa shape index (κ1) is 13.3. The van der Waals surface area contributed by atoms with Crippen LogP contribution in [0.3, 0.4) is 0 Å². The molecule has 2 aromatic rings. The lowest BCUT2D eigenvalue weighted by molar-refractivity contribution is 0.121. The average Bonchev–Trinajstić information content (AvgIpc) is 2.92. The van der Waals surface area contributed by atoms with Crippen molar-refractivity contribution in [3.8, 4) is 0 Å². The molecule has 2 atom stereocenters. The smallest absolute Gasteiger partial charge is 0.0948 e. The molecular formula is C17H19NO2. The van der Waals surface area contributed by atoms with Gasteiger partial charge in [-0.2, -0.15) is 0 Å². The van der Waals surface area contributed by atoms with Crippen molar-refractivity contribution in [2.24, 2.45) is 0 Å². The Kier molecular flexibility index (Phi) is 4.11. The highest BCUT2D eigenvalue weighted by Crippen LogP contribution is 2.23. The van der Waals surface area contributed by atoms with Crippen molar-refractivity contribution in [3.05, 3.63) is 71.8 Å². The van der Waals surface area contributed by atoms with Crippen molar-refractivity contribution in [2.45, 2.75) is 18.2 Å². The maximum atomic E-state index is 9.94. The summed E-state index contributed by atoms with van der Waals surface area (Å²) in [7, 11) is 0. The van der Waals surface area contributed by atoms with Gasteiger partial charge in [0.05, 0.1) is 31.4 Å². The van der Waals surface area contributed by atoms with E-state index in [1.54, 1.807) is 0 Å². The van der Waals surface area contributed by atoms with Gasteiger partial charge in [-0.25, -0.2) is 0 Å². The maximum absolute atomic E-state index is 9.94. The van der Waals surface area contributed by atoms with Crippen molar-refractivity contribution in [1.82, 2.24) is 5.32 Å². The third-order valence-electron chi connectivity index (χ3n) is 3.70. The van der Waals surface area contributed by atoms with Crippen molar-refractivity contribution in [3.63, 3.8) is 0 Å². The highest BCUT2D eigenvalue weighted by molar-refractivity contribution is 5.31. The molecule has 0 radical (unpaired) electrons. The topological polar surface area (TPSA) is 41.5 Å². The van der Waals surface area contributed by atoms with Crippen LogP contribution in [0.5, 0.6) is 0 Å². The lowest BCUT2D eigenvalue weighted by atomic mass is 9.97. The number of nitrogens with one attached hydrogen (secondary N) is 1. The Morgan fingerprint density at radius 1 is 0.900 bits per heavy atom. The summed E-state index contributed by atoms with van der Waals surface area (Å²) in [5.41, 5.74) is 2.38. The SMILES string of the molecule is OC1COCC1NC(c1ccccc1)c1ccccc1. The highest BCUT2D eigenvalue weighted by atomic mass is 16.5. The molecule has 1 saturated heterocycles. The predicted molar refractivity (Wildman–Crippen MR) is 78.5 cm³/mol. The van der Waals surface area contributed by atoms with E-state index < -0.39 is 6.10 Å². The van der Waals surface area contributed by atoms with Gasteiger partial charge in [-0.05, 0) is 11.1 Å². The van der Waals surface area contributed by atoms with Gasteiger partial charge in [0.2, 0.25) is 0 Å². The zero-order valence-electron chi connectivity index (χ0n) is 11.3. The van der Waals surface area contributed by atoms with Gasteiger partial charge in [0.25, 0.3) is 0 Å². The Bertz CT molecular complexity index is 490. The number of ether oxygens (including phenoxy) is 1. The maximum Gasteiger partial charge on any atom is 0.0948 e. The van der Waals surface area contributed by atoms with E-state index >= 15 is 0 Å². The fourth-order valence-electron chi connectivity index (χ4n) is 2.59. The van der Waals surface area contributed by atoms with E-state index in [9.17, 15) is 5.11 Å². The Hall–Kier alpha value is -1.68. The molecule has 2 N–H and O–H groups in total. The third-order valence-corrected chi connectivity index (χ3v) is 3.70. The van der Waals surface area contributed by atoms with E-state index in [0.717, 1.165) is 0 Å². The third kappa shape index (κ3) is 2.90. The Balaban J connectivity index is 1.88. The van der Waals surface area contributed by atoms with Crippen molar-refractivity contribution >= 4 is 0 Å². The largest absolute Gasteiger partial charge is 0.389 e. The highest BCUT2D eigenvalue weighted by Gasteiger charge is 2.29. The van der Waals surface area contributed by atoms with Crippen LogP contribution >= 0.6 is 0 Å². The van der Waals surface area contributed by atoms with Gasteiger partial charge >= 0.3 is 0 Å². The summed E-state index contributed by atoms with van der Waals surface area (Å²) in [5, 5.41) is 13.5. The molecule has 0 bridgehead atoms. The second kappa shape index (κ2) is 6.18.